The molecule has 0 atom stereocenters. The lowest BCUT2D eigenvalue weighted by Crippen LogP contribution is -2.06. The Morgan fingerprint density at radius 3 is 2.94 bits per heavy atom. The lowest BCUT2D eigenvalue weighted by molar-refractivity contribution is 0.197. The van der Waals surface area contributed by atoms with Gasteiger partial charge in [-0.2, -0.15) is 0 Å². The summed E-state index contributed by atoms with van der Waals surface area (Å²) in [5.74, 6) is 0.570. The van der Waals surface area contributed by atoms with Gasteiger partial charge in [-0.25, -0.2) is 14.3 Å². The Morgan fingerprint density at radius 1 is 1.56 bits per heavy atom. The Morgan fingerprint density at radius 2 is 2.31 bits per heavy atom. The summed E-state index contributed by atoms with van der Waals surface area (Å²) in [6.45, 7) is 4.29. The summed E-state index contributed by atoms with van der Waals surface area (Å²) in [4.78, 5) is 15.1. The van der Waals surface area contributed by atoms with Crippen molar-refractivity contribution in [1.29, 1.82) is 0 Å². The predicted octanol–water partition coefficient (Wildman–Crippen LogP) is 2.76. The van der Waals surface area contributed by atoms with Gasteiger partial charge < -0.3 is 5.11 Å². The van der Waals surface area contributed by atoms with Crippen LogP contribution in [0.4, 0.5) is 4.79 Å². The Bertz CT molecular complexity index is 529. The average Bonchev–Trinajstić information content (AvgIpc) is 2.59. The van der Waals surface area contributed by atoms with Gasteiger partial charge in [-0.1, -0.05) is 13.8 Å². The van der Waals surface area contributed by atoms with Crippen molar-refractivity contribution >= 4 is 17.1 Å². The molecule has 0 aliphatic rings. The summed E-state index contributed by atoms with van der Waals surface area (Å²) < 4.78 is 1.13. The maximum atomic E-state index is 10.9. The molecule has 2 rings (SSSR count). The summed E-state index contributed by atoms with van der Waals surface area (Å²) in [5.41, 5.74) is 1.64. The molecule has 0 bridgehead atoms. The zero-order valence-electron chi connectivity index (χ0n) is 9.34. The molecule has 0 aromatic carbocycles. The SMILES string of the molecule is CC(C)Cc1cnc2c(ccn2C(=O)O)c1. The van der Waals surface area contributed by atoms with Gasteiger partial charge in [-0.15, -0.1) is 0 Å². The van der Waals surface area contributed by atoms with E-state index in [2.05, 4.69) is 18.8 Å². The highest BCUT2D eigenvalue weighted by Crippen LogP contribution is 2.16. The number of nitrogens with zero attached hydrogens (tertiary/aromatic N) is 2. The number of hydrogen-bond donors (Lipinski definition) is 1. The zero-order chi connectivity index (χ0) is 11.7. The van der Waals surface area contributed by atoms with Crippen molar-refractivity contribution in [1.82, 2.24) is 9.55 Å². The van der Waals surface area contributed by atoms with E-state index in [1.165, 1.54) is 6.20 Å². The van der Waals surface area contributed by atoms with Crippen LogP contribution in [0, 0.1) is 5.92 Å². The van der Waals surface area contributed by atoms with Crippen molar-refractivity contribution < 1.29 is 9.90 Å². The standard InChI is InChI=1S/C12H14N2O2/c1-8(2)5-9-6-10-3-4-14(12(15)16)11(10)13-7-9/h3-4,6-8H,5H2,1-2H3,(H,15,16). The molecule has 2 heterocycles. The first kappa shape index (κ1) is 10.7. The topological polar surface area (TPSA) is 55.1 Å². The number of carbonyl (C=O) groups is 1. The number of fused-ring (bicyclic) bond motifs is 1. The molecule has 0 saturated heterocycles. The number of pyridine rings is 1. The molecule has 0 radical (unpaired) electrons. The molecule has 2 aromatic rings. The smallest absolute Gasteiger partial charge is 0.417 e. The molecule has 0 spiro atoms. The van der Waals surface area contributed by atoms with E-state index < -0.39 is 6.09 Å². The van der Waals surface area contributed by atoms with E-state index in [1.54, 1.807) is 12.3 Å². The van der Waals surface area contributed by atoms with Gasteiger partial charge >= 0.3 is 6.09 Å². The second-order valence-corrected chi connectivity index (χ2v) is 4.32. The fraction of sp³-hybridized carbons (Fsp3) is 0.333. The highest BCUT2D eigenvalue weighted by Gasteiger charge is 2.08. The molecule has 0 aliphatic heterocycles. The minimum Gasteiger partial charge on any atom is -0.464 e. The number of rotatable bonds is 2. The van der Waals surface area contributed by atoms with Gasteiger partial charge in [0.2, 0.25) is 0 Å². The van der Waals surface area contributed by atoms with Gasteiger partial charge in [0.15, 0.2) is 0 Å². The van der Waals surface area contributed by atoms with E-state index >= 15 is 0 Å². The highest BCUT2D eigenvalue weighted by atomic mass is 16.4. The Kier molecular flexibility index (Phi) is 2.64. The van der Waals surface area contributed by atoms with Crippen LogP contribution in [0.5, 0.6) is 0 Å². The summed E-state index contributed by atoms with van der Waals surface area (Å²) in [6, 6.07) is 3.78. The monoisotopic (exact) mass is 218 g/mol. The predicted molar refractivity (Wildman–Crippen MR) is 61.7 cm³/mol. The summed E-state index contributed by atoms with van der Waals surface area (Å²) >= 11 is 0. The lowest BCUT2D eigenvalue weighted by Gasteiger charge is -2.04. The van der Waals surface area contributed by atoms with E-state index in [9.17, 15) is 4.79 Å². The van der Waals surface area contributed by atoms with Crippen LogP contribution in [0.3, 0.4) is 0 Å². The van der Waals surface area contributed by atoms with E-state index in [1.807, 2.05) is 6.07 Å². The fourth-order valence-electron chi connectivity index (χ4n) is 1.81. The molecule has 4 heteroatoms. The van der Waals surface area contributed by atoms with Gasteiger partial charge in [0.25, 0.3) is 0 Å². The Balaban J connectivity index is 2.45. The number of hydrogen-bond acceptors (Lipinski definition) is 2. The van der Waals surface area contributed by atoms with Crippen LogP contribution in [0.2, 0.25) is 0 Å². The summed E-state index contributed by atoms with van der Waals surface area (Å²) in [7, 11) is 0. The minimum atomic E-state index is -1.00. The Labute approximate surface area is 93.5 Å². The first-order chi connectivity index (χ1) is 7.58. The van der Waals surface area contributed by atoms with E-state index in [0.29, 0.717) is 11.6 Å². The second-order valence-electron chi connectivity index (χ2n) is 4.32. The average molecular weight is 218 g/mol. The van der Waals surface area contributed by atoms with Crippen molar-refractivity contribution in [3.8, 4) is 0 Å². The quantitative estimate of drug-likeness (QED) is 0.843. The summed E-state index contributed by atoms with van der Waals surface area (Å²) in [5, 5.41) is 9.78. The molecule has 0 aliphatic carbocycles. The van der Waals surface area contributed by atoms with Gasteiger partial charge in [0.1, 0.15) is 5.65 Å². The van der Waals surface area contributed by atoms with Crippen LogP contribution >= 0.6 is 0 Å². The van der Waals surface area contributed by atoms with Gasteiger partial charge in [-0.3, -0.25) is 0 Å². The van der Waals surface area contributed by atoms with Crippen LogP contribution < -0.4 is 0 Å². The van der Waals surface area contributed by atoms with Crippen LogP contribution in [0.25, 0.3) is 11.0 Å². The fourth-order valence-corrected chi connectivity index (χ4v) is 1.81. The molecule has 84 valence electrons. The number of carboxylic acid groups (broad SMARTS) is 1. The third kappa shape index (κ3) is 1.91. The van der Waals surface area contributed by atoms with Crippen molar-refractivity contribution in [2.45, 2.75) is 20.3 Å². The van der Waals surface area contributed by atoms with Crippen molar-refractivity contribution in [2.75, 3.05) is 0 Å². The second kappa shape index (κ2) is 3.96. The van der Waals surface area contributed by atoms with Gasteiger partial charge in [-0.05, 0) is 30.0 Å². The first-order valence-electron chi connectivity index (χ1n) is 5.27. The first-order valence-corrected chi connectivity index (χ1v) is 5.27. The van der Waals surface area contributed by atoms with Crippen LogP contribution in [-0.2, 0) is 6.42 Å². The summed E-state index contributed by atoms with van der Waals surface area (Å²) in [6.07, 6.45) is 3.24. The van der Waals surface area contributed by atoms with Gasteiger partial charge in [0, 0.05) is 17.8 Å². The maximum Gasteiger partial charge on any atom is 0.417 e. The van der Waals surface area contributed by atoms with E-state index in [-0.39, 0.29) is 0 Å². The Hall–Kier alpha value is -1.84. The van der Waals surface area contributed by atoms with Crippen LogP contribution in [-0.4, -0.2) is 20.8 Å². The molecule has 16 heavy (non-hydrogen) atoms. The van der Waals surface area contributed by atoms with Crippen molar-refractivity contribution in [2.24, 2.45) is 5.92 Å². The van der Waals surface area contributed by atoms with Crippen molar-refractivity contribution in [3.05, 3.63) is 30.1 Å². The molecule has 0 unspecified atom stereocenters. The lowest BCUT2D eigenvalue weighted by atomic mass is 10.0. The largest absolute Gasteiger partial charge is 0.464 e. The molecule has 0 fully saturated rings. The zero-order valence-corrected chi connectivity index (χ0v) is 9.34. The van der Waals surface area contributed by atoms with E-state index in [0.717, 1.165) is 21.9 Å². The minimum absolute atomic E-state index is 0.500. The van der Waals surface area contributed by atoms with Crippen LogP contribution in [0.15, 0.2) is 24.5 Å². The third-order valence-corrected chi connectivity index (χ3v) is 2.43. The molecule has 1 N–H and O–H groups in total. The van der Waals surface area contributed by atoms with Crippen molar-refractivity contribution in [3.63, 3.8) is 0 Å². The molecule has 0 amide bonds. The molecule has 4 nitrogen and oxygen atoms in total. The van der Waals surface area contributed by atoms with Gasteiger partial charge in [0.05, 0.1) is 0 Å². The molecule has 0 saturated carbocycles. The van der Waals surface area contributed by atoms with E-state index in [4.69, 9.17) is 5.11 Å². The molecule has 2 aromatic heterocycles. The normalized spacial score (nSPS) is 11.2. The maximum absolute atomic E-state index is 10.9. The number of aromatic nitrogens is 2. The molecular formula is C12H14N2O2. The molecular weight excluding hydrogens is 204 g/mol. The third-order valence-electron chi connectivity index (χ3n) is 2.43. The highest BCUT2D eigenvalue weighted by molar-refractivity contribution is 5.86. The van der Waals surface area contributed by atoms with Crippen LogP contribution in [0.1, 0.15) is 19.4 Å².